The fraction of sp³-hybridized carbons (Fsp3) is 1.00. The summed E-state index contributed by atoms with van der Waals surface area (Å²) in [4.78, 5) is 5.28. The molecular weight excluding hydrogens is 204 g/mol. The highest BCUT2D eigenvalue weighted by Gasteiger charge is 2.28. The number of hydrogen-bond acceptors (Lipinski definition) is 4. The molecule has 96 valence electrons. The van der Waals surface area contributed by atoms with Crippen LogP contribution in [0.15, 0.2) is 0 Å². The average Bonchev–Trinajstić information content (AvgIpc) is 2.96. The summed E-state index contributed by atoms with van der Waals surface area (Å²) >= 11 is 0. The van der Waals surface area contributed by atoms with E-state index in [-0.39, 0.29) is 5.54 Å². The summed E-state index contributed by atoms with van der Waals surface area (Å²) in [6.07, 6.45) is 2.13. The first-order valence-electron chi connectivity index (χ1n) is 6.19. The van der Waals surface area contributed by atoms with Gasteiger partial charge >= 0.3 is 0 Å². The molecule has 0 heterocycles. The van der Waals surface area contributed by atoms with E-state index < -0.39 is 6.10 Å². The van der Waals surface area contributed by atoms with Gasteiger partial charge in [-0.1, -0.05) is 0 Å². The predicted octanol–water partition coefficient (Wildman–Crippen LogP) is 1.06. The van der Waals surface area contributed by atoms with Crippen LogP contribution in [0, 0.1) is 5.92 Å². The largest absolute Gasteiger partial charge is 0.389 e. The number of rotatable bonds is 7. The second kappa shape index (κ2) is 5.96. The molecule has 4 heteroatoms. The monoisotopic (exact) mass is 230 g/mol. The number of aliphatic hydroxyl groups is 1. The van der Waals surface area contributed by atoms with Crippen molar-refractivity contribution in [3.8, 4) is 0 Å². The number of hydrogen-bond donors (Lipinski definition) is 3. The normalized spacial score (nSPS) is 20.8. The van der Waals surface area contributed by atoms with Crippen molar-refractivity contribution in [3.63, 3.8) is 0 Å². The van der Waals surface area contributed by atoms with Crippen LogP contribution in [-0.2, 0) is 4.84 Å². The SMILES string of the molecule is CC(NOCC(O)CNC(C)(C)C)C1CC1. The minimum Gasteiger partial charge on any atom is -0.389 e. The lowest BCUT2D eigenvalue weighted by Crippen LogP contribution is -2.43. The molecule has 0 aromatic carbocycles. The lowest BCUT2D eigenvalue weighted by atomic mass is 10.1. The van der Waals surface area contributed by atoms with Crippen molar-refractivity contribution < 1.29 is 9.94 Å². The molecule has 16 heavy (non-hydrogen) atoms. The first-order valence-corrected chi connectivity index (χ1v) is 6.19. The van der Waals surface area contributed by atoms with E-state index in [2.05, 4.69) is 38.5 Å². The van der Waals surface area contributed by atoms with E-state index in [9.17, 15) is 5.11 Å². The molecule has 0 amide bonds. The summed E-state index contributed by atoms with van der Waals surface area (Å²) in [6.45, 7) is 9.25. The standard InChI is InChI=1S/C12H26N2O2/c1-9(10-5-6-10)14-16-8-11(15)7-13-12(2,3)4/h9-11,13-15H,5-8H2,1-4H3. The molecule has 0 aliphatic heterocycles. The van der Waals surface area contributed by atoms with Crippen molar-refractivity contribution in [1.29, 1.82) is 0 Å². The molecule has 1 rings (SSSR count). The number of nitrogens with one attached hydrogen (secondary N) is 2. The van der Waals surface area contributed by atoms with Gasteiger partial charge in [-0.3, -0.25) is 4.84 Å². The van der Waals surface area contributed by atoms with Crippen LogP contribution in [0.4, 0.5) is 0 Å². The molecule has 0 saturated heterocycles. The summed E-state index contributed by atoms with van der Waals surface area (Å²) < 4.78 is 0. The average molecular weight is 230 g/mol. The Morgan fingerprint density at radius 2 is 2.00 bits per heavy atom. The van der Waals surface area contributed by atoms with Gasteiger partial charge in [0, 0.05) is 18.1 Å². The molecule has 0 bridgehead atoms. The molecule has 1 saturated carbocycles. The van der Waals surface area contributed by atoms with Crippen molar-refractivity contribution in [2.24, 2.45) is 5.92 Å². The van der Waals surface area contributed by atoms with Gasteiger partial charge in [0.1, 0.15) is 0 Å². The highest BCUT2D eigenvalue weighted by molar-refractivity contribution is 4.81. The molecule has 3 N–H and O–H groups in total. The van der Waals surface area contributed by atoms with E-state index in [1.165, 1.54) is 12.8 Å². The summed E-state index contributed by atoms with van der Waals surface area (Å²) in [6, 6.07) is 0.405. The maximum Gasteiger partial charge on any atom is 0.0954 e. The van der Waals surface area contributed by atoms with Gasteiger partial charge in [-0.25, -0.2) is 0 Å². The molecule has 2 unspecified atom stereocenters. The molecule has 4 nitrogen and oxygen atoms in total. The van der Waals surface area contributed by atoms with Crippen LogP contribution in [0.25, 0.3) is 0 Å². The van der Waals surface area contributed by atoms with Crippen LogP contribution >= 0.6 is 0 Å². The molecule has 0 spiro atoms. The van der Waals surface area contributed by atoms with E-state index in [0.717, 1.165) is 5.92 Å². The first kappa shape index (κ1) is 13.9. The Morgan fingerprint density at radius 3 is 2.50 bits per heavy atom. The van der Waals surface area contributed by atoms with Gasteiger partial charge < -0.3 is 10.4 Å². The molecule has 1 fully saturated rings. The topological polar surface area (TPSA) is 53.5 Å². The Balaban J connectivity index is 1.99. The highest BCUT2D eigenvalue weighted by atomic mass is 16.6. The van der Waals surface area contributed by atoms with Gasteiger partial charge in [-0.2, -0.15) is 5.48 Å². The summed E-state index contributed by atoms with van der Waals surface area (Å²) in [5.74, 6) is 0.768. The lowest BCUT2D eigenvalue weighted by molar-refractivity contribution is -0.0359. The fourth-order valence-corrected chi connectivity index (χ4v) is 1.45. The minimum atomic E-state index is -0.460. The van der Waals surface area contributed by atoms with E-state index in [0.29, 0.717) is 19.2 Å². The zero-order chi connectivity index (χ0) is 12.2. The van der Waals surface area contributed by atoms with Crippen molar-refractivity contribution in [1.82, 2.24) is 10.8 Å². The molecule has 0 radical (unpaired) electrons. The lowest BCUT2D eigenvalue weighted by Gasteiger charge is -2.23. The van der Waals surface area contributed by atoms with Crippen molar-refractivity contribution in [3.05, 3.63) is 0 Å². The van der Waals surface area contributed by atoms with Gasteiger partial charge in [-0.05, 0) is 46.5 Å². The number of hydroxylamine groups is 1. The Bertz CT molecular complexity index is 200. The Labute approximate surface area is 98.7 Å². The van der Waals surface area contributed by atoms with Crippen LogP contribution in [0.1, 0.15) is 40.5 Å². The van der Waals surface area contributed by atoms with E-state index >= 15 is 0 Å². The van der Waals surface area contributed by atoms with Crippen LogP contribution in [0.3, 0.4) is 0 Å². The third-order valence-electron chi connectivity index (χ3n) is 2.74. The second-order valence-electron chi connectivity index (χ2n) is 5.84. The third kappa shape index (κ3) is 6.43. The molecule has 0 aromatic heterocycles. The summed E-state index contributed by atoms with van der Waals surface area (Å²) in [7, 11) is 0. The molecule has 2 atom stereocenters. The zero-order valence-electron chi connectivity index (χ0n) is 10.9. The van der Waals surface area contributed by atoms with Gasteiger partial charge in [0.25, 0.3) is 0 Å². The van der Waals surface area contributed by atoms with Gasteiger partial charge in [0.05, 0.1) is 12.7 Å². The summed E-state index contributed by atoms with van der Waals surface area (Å²) in [5, 5.41) is 12.9. The van der Waals surface area contributed by atoms with Gasteiger partial charge in [0.15, 0.2) is 0 Å². The van der Waals surface area contributed by atoms with E-state index in [1.807, 2.05) is 0 Å². The van der Waals surface area contributed by atoms with Crippen molar-refractivity contribution >= 4 is 0 Å². The Morgan fingerprint density at radius 1 is 1.38 bits per heavy atom. The van der Waals surface area contributed by atoms with Crippen LogP contribution in [0.2, 0.25) is 0 Å². The maximum atomic E-state index is 9.65. The molecular formula is C12H26N2O2. The van der Waals surface area contributed by atoms with Gasteiger partial charge in [0.2, 0.25) is 0 Å². The summed E-state index contributed by atoms with van der Waals surface area (Å²) in [5.41, 5.74) is 3.02. The quantitative estimate of drug-likeness (QED) is 0.572. The first-order chi connectivity index (χ1) is 7.38. The van der Waals surface area contributed by atoms with Crippen LogP contribution in [-0.4, -0.2) is 35.9 Å². The Kier molecular flexibility index (Phi) is 5.18. The van der Waals surface area contributed by atoms with Gasteiger partial charge in [-0.15, -0.1) is 0 Å². The molecule has 1 aliphatic rings. The van der Waals surface area contributed by atoms with Crippen molar-refractivity contribution in [2.45, 2.75) is 58.2 Å². The highest BCUT2D eigenvalue weighted by Crippen LogP contribution is 2.32. The van der Waals surface area contributed by atoms with E-state index in [1.54, 1.807) is 0 Å². The second-order valence-corrected chi connectivity index (χ2v) is 5.84. The molecule has 0 aromatic rings. The van der Waals surface area contributed by atoms with Crippen LogP contribution in [0.5, 0.6) is 0 Å². The Hall–Kier alpha value is -0.160. The third-order valence-corrected chi connectivity index (χ3v) is 2.74. The minimum absolute atomic E-state index is 0.0374. The smallest absolute Gasteiger partial charge is 0.0954 e. The molecule has 1 aliphatic carbocycles. The predicted molar refractivity (Wildman–Crippen MR) is 65.0 cm³/mol. The zero-order valence-corrected chi connectivity index (χ0v) is 10.9. The number of aliphatic hydroxyl groups excluding tert-OH is 1. The van der Waals surface area contributed by atoms with E-state index in [4.69, 9.17) is 4.84 Å². The van der Waals surface area contributed by atoms with Crippen LogP contribution < -0.4 is 10.8 Å². The van der Waals surface area contributed by atoms with Crippen molar-refractivity contribution in [2.75, 3.05) is 13.2 Å². The fourth-order valence-electron chi connectivity index (χ4n) is 1.45. The maximum absolute atomic E-state index is 9.65. The number of β-amino-alcohol motifs (C(OH)–C–C–N with tert-alkyl or cyclic N) is 1.